The summed E-state index contributed by atoms with van der Waals surface area (Å²) in [5, 5.41) is 2.83. The van der Waals surface area contributed by atoms with Crippen molar-refractivity contribution in [2.45, 2.75) is 52.2 Å². The molecular formula is C24H29FN2O4. The first kappa shape index (κ1) is 22.6. The minimum absolute atomic E-state index is 0.0271. The monoisotopic (exact) mass is 428 g/mol. The van der Waals surface area contributed by atoms with E-state index in [1.807, 2.05) is 32.0 Å². The summed E-state index contributed by atoms with van der Waals surface area (Å²) in [6.45, 7) is 6.42. The molecule has 3 rings (SSSR count). The van der Waals surface area contributed by atoms with Crippen molar-refractivity contribution in [2.24, 2.45) is 0 Å². The quantitative estimate of drug-likeness (QED) is 0.699. The topological polar surface area (TPSA) is 67.9 Å². The highest BCUT2D eigenvalue weighted by Gasteiger charge is 2.27. The maximum Gasteiger partial charge on any atom is 0.242 e. The van der Waals surface area contributed by atoms with Crippen molar-refractivity contribution < 1.29 is 23.5 Å². The molecule has 2 amide bonds. The lowest BCUT2D eigenvalue weighted by Crippen LogP contribution is -2.49. The number of ether oxygens (including phenoxy) is 2. The molecule has 1 N–H and O–H groups in total. The first-order valence-corrected chi connectivity index (χ1v) is 10.6. The molecule has 2 aromatic carbocycles. The molecule has 166 valence electrons. The predicted octanol–water partition coefficient (Wildman–Crippen LogP) is 3.47. The molecule has 0 aromatic heterocycles. The fraction of sp³-hybridized carbons (Fsp3) is 0.417. The van der Waals surface area contributed by atoms with Crippen molar-refractivity contribution in [2.75, 3.05) is 13.2 Å². The zero-order valence-corrected chi connectivity index (χ0v) is 18.2. The third-order valence-corrected chi connectivity index (χ3v) is 5.13. The lowest BCUT2D eigenvalue weighted by molar-refractivity contribution is -0.140. The second-order valence-corrected chi connectivity index (χ2v) is 7.93. The average Bonchev–Trinajstić information content (AvgIpc) is 2.76. The molecule has 7 heteroatoms. The number of benzene rings is 2. The number of hydrogen-bond donors (Lipinski definition) is 1. The van der Waals surface area contributed by atoms with Crippen LogP contribution in [0, 0.1) is 5.82 Å². The van der Waals surface area contributed by atoms with Crippen LogP contribution in [-0.4, -0.2) is 42.0 Å². The Morgan fingerprint density at radius 2 is 1.77 bits per heavy atom. The molecule has 0 bridgehead atoms. The van der Waals surface area contributed by atoms with Crippen LogP contribution in [0.4, 0.5) is 4.39 Å². The van der Waals surface area contributed by atoms with Crippen molar-refractivity contribution in [1.29, 1.82) is 0 Å². The van der Waals surface area contributed by atoms with E-state index in [9.17, 15) is 14.0 Å². The molecule has 0 aliphatic carbocycles. The number of fused-ring (bicyclic) bond motifs is 1. The van der Waals surface area contributed by atoms with Crippen LogP contribution in [0.25, 0.3) is 0 Å². The summed E-state index contributed by atoms with van der Waals surface area (Å²) in [7, 11) is 0. The minimum Gasteiger partial charge on any atom is -0.486 e. The Morgan fingerprint density at radius 3 is 2.48 bits per heavy atom. The van der Waals surface area contributed by atoms with Crippen molar-refractivity contribution >= 4 is 11.8 Å². The van der Waals surface area contributed by atoms with Crippen LogP contribution in [-0.2, 0) is 22.6 Å². The minimum atomic E-state index is -0.727. The van der Waals surface area contributed by atoms with Gasteiger partial charge in [-0.2, -0.15) is 0 Å². The largest absolute Gasteiger partial charge is 0.486 e. The SMILES string of the molecule is CC(C)NC(=O)[C@H](C)N(Cc1ccccc1F)C(=O)CCc1ccc2c(c1)OCCO2. The van der Waals surface area contributed by atoms with Gasteiger partial charge in [-0.05, 0) is 51.0 Å². The standard InChI is InChI=1S/C24H29FN2O4/c1-16(2)26-24(29)17(3)27(15-19-6-4-5-7-20(19)25)23(28)11-9-18-8-10-21-22(14-18)31-13-12-30-21/h4-8,10,14,16-17H,9,11-13,15H2,1-3H3,(H,26,29)/t17-/m0/s1. The molecule has 2 aromatic rings. The number of nitrogens with one attached hydrogen (secondary N) is 1. The molecule has 31 heavy (non-hydrogen) atoms. The fourth-order valence-electron chi connectivity index (χ4n) is 3.44. The van der Waals surface area contributed by atoms with Crippen LogP contribution in [0.15, 0.2) is 42.5 Å². The van der Waals surface area contributed by atoms with Crippen molar-refractivity contribution in [3.8, 4) is 11.5 Å². The first-order valence-electron chi connectivity index (χ1n) is 10.6. The second-order valence-electron chi connectivity index (χ2n) is 7.93. The average molecular weight is 429 g/mol. The van der Waals surface area contributed by atoms with E-state index in [1.54, 1.807) is 25.1 Å². The van der Waals surface area contributed by atoms with Crippen LogP contribution >= 0.6 is 0 Å². The fourth-order valence-corrected chi connectivity index (χ4v) is 3.44. The Hall–Kier alpha value is -3.09. The molecule has 0 saturated carbocycles. The summed E-state index contributed by atoms with van der Waals surface area (Å²) < 4.78 is 25.4. The Labute approximate surface area is 182 Å². The summed E-state index contributed by atoms with van der Waals surface area (Å²) in [5.74, 6) is 0.484. The van der Waals surface area contributed by atoms with E-state index in [1.165, 1.54) is 11.0 Å². The molecule has 1 heterocycles. The Balaban J connectivity index is 1.73. The van der Waals surface area contributed by atoms with Crippen molar-refractivity contribution in [3.63, 3.8) is 0 Å². The Kier molecular flexibility index (Phi) is 7.50. The van der Waals surface area contributed by atoms with Gasteiger partial charge in [-0.25, -0.2) is 4.39 Å². The van der Waals surface area contributed by atoms with Gasteiger partial charge in [0.05, 0.1) is 0 Å². The molecule has 1 aliphatic heterocycles. The normalized spacial score (nSPS) is 13.6. The first-order chi connectivity index (χ1) is 14.8. The molecule has 0 saturated heterocycles. The van der Waals surface area contributed by atoms with E-state index in [4.69, 9.17) is 9.47 Å². The van der Waals surface area contributed by atoms with Crippen molar-refractivity contribution in [1.82, 2.24) is 10.2 Å². The van der Waals surface area contributed by atoms with Gasteiger partial charge in [0.1, 0.15) is 25.1 Å². The lowest BCUT2D eigenvalue weighted by atomic mass is 10.1. The van der Waals surface area contributed by atoms with E-state index in [0.29, 0.717) is 36.7 Å². The van der Waals surface area contributed by atoms with Gasteiger partial charge >= 0.3 is 0 Å². The highest BCUT2D eigenvalue weighted by molar-refractivity contribution is 5.87. The summed E-state index contributed by atoms with van der Waals surface area (Å²) in [4.78, 5) is 27.1. The van der Waals surface area contributed by atoms with Gasteiger partial charge in [-0.1, -0.05) is 24.3 Å². The van der Waals surface area contributed by atoms with Crippen LogP contribution < -0.4 is 14.8 Å². The number of carbonyl (C=O) groups is 2. The van der Waals surface area contributed by atoms with E-state index in [2.05, 4.69) is 5.32 Å². The molecule has 0 radical (unpaired) electrons. The molecule has 1 aliphatic rings. The third-order valence-electron chi connectivity index (χ3n) is 5.13. The highest BCUT2D eigenvalue weighted by atomic mass is 19.1. The summed E-state index contributed by atoms with van der Waals surface area (Å²) in [6, 6.07) is 11.1. The smallest absolute Gasteiger partial charge is 0.242 e. The Morgan fingerprint density at radius 1 is 1.06 bits per heavy atom. The number of carbonyl (C=O) groups excluding carboxylic acids is 2. The number of amides is 2. The highest BCUT2D eigenvalue weighted by Crippen LogP contribution is 2.31. The molecule has 0 unspecified atom stereocenters. The number of hydrogen-bond acceptors (Lipinski definition) is 4. The molecule has 0 fully saturated rings. The van der Waals surface area contributed by atoms with Gasteiger partial charge in [0.25, 0.3) is 0 Å². The predicted molar refractivity (Wildman–Crippen MR) is 115 cm³/mol. The van der Waals surface area contributed by atoms with Crippen LogP contribution in [0.2, 0.25) is 0 Å². The summed E-state index contributed by atoms with van der Waals surface area (Å²) >= 11 is 0. The Bertz CT molecular complexity index is 932. The second kappa shape index (κ2) is 10.3. The summed E-state index contributed by atoms with van der Waals surface area (Å²) in [5.41, 5.74) is 1.31. The van der Waals surface area contributed by atoms with Crippen LogP contribution in [0.3, 0.4) is 0 Å². The van der Waals surface area contributed by atoms with Crippen molar-refractivity contribution in [3.05, 3.63) is 59.4 Å². The van der Waals surface area contributed by atoms with E-state index < -0.39 is 11.9 Å². The number of halogens is 1. The molecule has 6 nitrogen and oxygen atoms in total. The van der Waals surface area contributed by atoms with E-state index in [-0.39, 0.29) is 30.8 Å². The number of rotatable bonds is 8. The van der Waals surface area contributed by atoms with Gasteiger partial charge < -0.3 is 19.7 Å². The van der Waals surface area contributed by atoms with Gasteiger partial charge in [-0.3, -0.25) is 9.59 Å². The van der Waals surface area contributed by atoms with E-state index >= 15 is 0 Å². The van der Waals surface area contributed by atoms with Crippen LogP contribution in [0.1, 0.15) is 38.3 Å². The van der Waals surface area contributed by atoms with Gasteiger partial charge in [0.2, 0.25) is 11.8 Å². The van der Waals surface area contributed by atoms with Gasteiger partial charge in [-0.15, -0.1) is 0 Å². The van der Waals surface area contributed by atoms with Gasteiger partial charge in [0, 0.05) is 24.6 Å². The lowest BCUT2D eigenvalue weighted by Gasteiger charge is -2.29. The van der Waals surface area contributed by atoms with E-state index in [0.717, 1.165) is 5.56 Å². The zero-order valence-electron chi connectivity index (χ0n) is 18.2. The molecule has 1 atom stereocenters. The molecular weight excluding hydrogens is 399 g/mol. The third kappa shape index (κ3) is 5.96. The number of aryl methyl sites for hydroxylation is 1. The van der Waals surface area contributed by atoms with Gasteiger partial charge in [0.15, 0.2) is 11.5 Å². The zero-order chi connectivity index (χ0) is 22.4. The number of nitrogens with zero attached hydrogens (tertiary/aromatic N) is 1. The maximum absolute atomic E-state index is 14.2. The van der Waals surface area contributed by atoms with Crippen LogP contribution in [0.5, 0.6) is 11.5 Å². The molecule has 0 spiro atoms. The maximum atomic E-state index is 14.2. The summed E-state index contributed by atoms with van der Waals surface area (Å²) in [6.07, 6.45) is 0.662.